The van der Waals surface area contributed by atoms with Gasteiger partial charge < -0.3 is 33.2 Å². The smallest absolute Gasteiger partial charge is 0.188 e. The first-order chi connectivity index (χ1) is 15.6. The van der Waals surface area contributed by atoms with Crippen LogP contribution >= 0.6 is 0 Å². The van der Waals surface area contributed by atoms with Gasteiger partial charge in [0.15, 0.2) is 26.2 Å². The molecule has 0 bridgehead atoms. The molecule has 0 saturated heterocycles. The number of ketones is 1. The van der Waals surface area contributed by atoms with Gasteiger partial charge in [0.25, 0.3) is 0 Å². The van der Waals surface area contributed by atoms with Gasteiger partial charge in [-0.3, -0.25) is 4.79 Å². The van der Waals surface area contributed by atoms with E-state index in [0.29, 0.717) is 35.0 Å². The lowest BCUT2D eigenvalue weighted by atomic mass is 9.92. The highest BCUT2D eigenvalue weighted by molar-refractivity contribution is 6.03. The van der Waals surface area contributed by atoms with Gasteiger partial charge in [-0.25, -0.2) is 0 Å². The van der Waals surface area contributed by atoms with Gasteiger partial charge in [0.2, 0.25) is 0 Å². The van der Waals surface area contributed by atoms with E-state index in [1.54, 1.807) is 20.3 Å². The summed E-state index contributed by atoms with van der Waals surface area (Å²) in [5, 5.41) is 0. The first-order valence-electron chi connectivity index (χ1n) is 10.5. The van der Waals surface area contributed by atoms with Crippen LogP contribution in [0.5, 0.6) is 23.0 Å². The van der Waals surface area contributed by atoms with E-state index in [1.165, 1.54) is 7.11 Å². The Morgan fingerprint density at radius 3 is 2.16 bits per heavy atom. The van der Waals surface area contributed by atoms with Crippen LogP contribution in [0.4, 0.5) is 0 Å². The first kappa shape index (κ1) is 23.8. The Hall–Kier alpha value is -2.81. The van der Waals surface area contributed by atoms with Gasteiger partial charge in [0, 0.05) is 33.0 Å². The van der Waals surface area contributed by atoms with Gasteiger partial charge >= 0.3 is 0 Å². The van der Waals surface area contributed by atoms with Crippen molar-refractivity contribution < 1.29 is 38.0 Å². The van der Waals surface area contributed by atoms with Crippen molar-refractivity contribution in [1.82, 2.24) is 0 Å². The number of ether oxygens (including phenoxy) is 7. The van der Waals surface area contributed by atoms with Crippen LogP contribution in [-0.4, -0.2) is 47.5 Å². The van der Waals surface area contributed by atoms with Crippen molar-refractivity contribution in [1.29, 1.82) is 0 Å². The zero-order valence-corrected chi connectivity index (χ0v) is 19.0. The number of Topliss-reactive ketones (excluding diaryl/α,β-unsaturated/α-hetero) is 1. The highest BCUT2D eigenvalue weighted by Gasteiger charge is 2.34. The van der Waals surface area contributed by atoms with E-state index in [9.17, 15) is 4.79 Å². The highest BCUT2D eigenvalue weighted by atomic mass is 16.7. The minimum absolute atomic E-state index is 0.00290. The van der Waals surface area contributed by atoms with Gasteiger partial charge in [0.05, 0.1) is 6.42 Å². The van der Waals surface area contributed by atoms with Crippen LogP contribution < -0.4 is 18.9 Å². The summed E-state index contributed by atoms with van der Waals surface area (Å²) in [7, 11) is 4.64. The Labute approximate surface area is 188 Å². The van der Waals surface area contributed by atoms with Gasteiger partial charge in [-0.1, -0.05) is 25.5 Å². The van der Waals surface area contributed by atoms with Crippen molar-refractivity contribution in [2.45, 2.75) is 32.3 Å². The number of methoxy groups -OCH3 is 3. The normalized spacial score (nSPS) is 15.1. The molecule has 0 amide bonds. The van der Waals surface area contributed by atoms with Gasteiger partial charge in [0.1, 0.15) is 34.7 Å². The monoisotopic (exact) mass is 446 g/mol. The topological polar surface area (TPSA) is 81.7 Å². The van der Waals surface area contributed by atoms with Crippen molar-refractivity contribution in [2.75, 3.05) is 41.7 Å². The largest absolute Gasteiger partial charge is 0.484 e. The van der Waals surface area contributed by atoms with E-state index in [1.807, 2.05) is 24.3 Å². The molecule has 0 aliphatic carbocycles. The van der Waals surface area contributed by atoms with E-state index < -0.39 is 6.10 Å². The first-order valence-corrected chi connectivity index (χ1v) is 10.5. The average molecular weight is 446 g/mol. The quantitative estimate of drug-likeness (QED) is 0.447. The molecule has 1 atom stereocenters. The van der Waals surface area contributed by atoms with Crippen molar-refractivity contribution in [3.63, 3.8) is 0 Å². The summed E-state index contributed by atoms with van der Waals surface area (Å²) in [5.41, 5.74) is 2.12. The molecule has 8 heteroatoms. The molecule has 8 nitrogen and oxygen atoms in total. The fourth-order valence-electron chi connectivity index (χ4n) is 3.57. The molecule has 32 heavy (non-hydrogen) atoms. The summed E-state index contributed by atoms with van der Waals surface area (Å²) in [5.74, 6) is 2.05. The van der Waals surface area contributed by atoms with E-state index in [-0.39, 0.29) is 32.6 Å². The molecule has 3 rings (SSSR count). The Bertz CT molecular complexity index is 894. The zero-order chi connectivity index (χ0) is 22.9. The molecular formula is C24H30O8. The van der Waals surface area contributed by atoms with Crippen molar-refractivity contribution in [2.24, 2.45) is 0 Å². The fourth-order valence-corrected chi connectivity index (χ4v) is 3.57. The van der Waals surface area contributed by atoms with Crippen LogP contribution in [0.15, 0.2) is 30.3 Å². The lowest BCUT2D eigenvalue weighted by Crippen LogP contribution is -2.23. The molecule has 2 aromatic carbocycles. The fraction of sp³-hybridized carbons (Fsp3) is 0.458. The van der Waals surface area contributed by atoms with E-state index in [4.69, 9.17) is 33.2 Å². The van der Waals surface area contributed by atoms with Gasteiger partial charge in [-0.05, 0) is 24.1 Å². The predicted molar refractivity (Wildman–Crippen MR) is 117 cm³/mol. The lowest BCUT2D eigenvalue weighted by Gasteiger charge is -2.30. The third kappa shape index (κ3) is 5.51. The van der Waals surface area contributed by atoms with Crippen LogP contribution in [0.2, 0.25) is 0 Å². The molecule has 0 spiro atoms. The second kappa shape index (κ2) is 11.7. The van der Waals surface area contributed by atoms with Crippen LogP contribution in [0.3, 0.4) is 0 Å². The second-order valence-corrected chi connectivity index (χ2v) is 7.26. The van der Waals surface area contributed by atoms with E-state index in [0.717, 1.165) is 17.5 Å². The Morgan fingerprint density at radius 2 is 1.53 bits per heavy atom. The number of benzene rings is 2. The second-order valence-electron chi connectivity index (χ2n) is 7.26. The Balaban J connectivity index is 1.99. The maximum absolute atomic E-state index is 13.2. The highest BCUT2D eigenvalue weighted by Crippen LogP contribution is 2.46. The summed E-state index contributed by atoms with van der Waals surface area (Å²) in [6, 6.07) is 9.15. The Kier molecular flexibility index (Phi) is 8.72. The molecule has 0 N–H and O–H groups in total. The molecule has 2 aromatic rings. The number of fused-ring (bicyclic) bond motifs is 1. The minimum atomic E-state index is -0.435. The standard InChI is InChI=1S/C24H30O8/c1-5-6-18-21(30-14-27-3)12-22(31-15-28-4)23-19(25)11-20(32-24(18)23)16-7-9-17(10-8-16)29-13-26-2/h7-10,12,20H,5-6,11,13-15H2,1-4H3. The van der Waals surface area contributed by atoms with Crippen LogP contribution in [0.25, 0.3) is 0 Å². The van der Waals surface area contributed by atoms with Crippen LogP contribution in [0.1, 0.15) is 47.4 Å². The summed E-state index contributed by atoms with van der Waals surface area (Å²) in [6.45, 7) is 2.30. The maximum Gasteiger partial charge on any atom is 0.188 e. The average Bonchev–Trinajstić information content (AvgIpc) is 2.81. The predicted octanol–water partition coefficient (Wildman–Crippen LogP) is 4.29. The van der Waals surface area contributed by atoms with Crippen molar-refractivity contribution >= 4 is 5.78 Å². The van der Waals surface area contributed by atoms with Gasteiger partial charge in [-0.2, -0.15) is 0 Å². The summed E-state index contributed by atoms with van der Waals surface area (Å²) >= 11 is 0. The van der Waals surface area contributed by atoms with Crippen LogP contribution in [0, 0.1) is 0 Å². The SMILES string of the molecule is CCCc1c(OCOC)cc(OCOC)c2c1OC(c1ccc(OCOC)cc1)CC2=O. The zero-order valence-electron chi connectivity index (χ0n) is 19.0. The number of hydrogen-bond acceptors (Lipinski definition) is 8. The summed E-state index contributed by atoms with van der Waals surface area (Å²) in [6.07, 6.45) is 1.28. The molecule has 0 radical (unpaired) electrons. The molecule has 0 saturated carbocycles. The molecule has 1 aliphatic heterocycles. The molecule has 0 aromatic heterocycles. The molecule has 1 aliphatic rings. The number of carbonyl (C=O) groups excluding carboxylic acids is 1. The third-order valence-electron chi connectivity index (χ3n) is 4.98. The number of rotatable bonds is 12. The molecule has 0 fully saturated rings. The Morgan fingerprint density at radius 1 is 0.906 bits per heavy atom. The third-order valence-corrected chi connectivity index (χ3v) is 4.98. The summed E-state index contributed by atoms with van der Waals surface area (Å²) in [4.78, 5) is 13.2. The molecular weight excluding hydrogens is 416 g/mol. The maximum atomic E-state index is 13.2. The summed E-state index contributed by atoms with van der Waals surface area (Å²) < 4.78 is 38.4. The van der Waals surface area contributed by atoms with E-state index in [2.05, 4.69) is 6.92 Å². The van der Waals surface area contributed by atoms with E-state index >= 15 is 0 Å². The minimum Gasteiger partial charge on any atom is -0.484 e. The van der Waals surface area contributed by atoms with Crippen LogP contribution in [-0.2, 0) is 20.6 Å². The molecule has 174 valence electrons. The van der Waals surface area contributed by atoms with Crippen molar-refractivity contribution in [3.05, 3.63) is 47.0 Å². The van der Waals surface area contributed by atoms with Crippen molar-refractivity contribution in [3.8, 4) is 23.0 Å². The number of carbonyl (C=O) groups is 1. The molecule has 1 unspecified atom stereocenters. The molecule has 1 heterocycles. The van der Waals surface area contributed by atoms with Gasteiger partial charge in [-0.15, -0.1) is 0 Å². The lowest BCUT2D eigenvalue weighted by molar-refractivity contribution is 0.0433. The number of hydrogen-bond donors (Lipinski definition) is 0.